The maximum atomic E-state index is 12.3. The van der Waals surface area contributed by atoms with Crippen LogP contribution in [-0.4, -0.2) is 10.5 Å². The zero-order valence-corrected chi connectivity index (χ0v) is 19.9. The summed E-state index contributed by atoms with van der Waals surface area (Å²) in [4.78, 5) is 14.1. The Kier molecular flexibility index (Phi) is 8.24. The van der Waals surface area contributed by atoms with E-state index in [0.717, 1.165) is 20.6 Å². The molecule has 0 spiro atoms. The Morgan fingerprint density at radius 1 is 1.25 bits per heavy atom. The number of thiazole rings is 1. The number of nitrogens with zero attached hydrogens (tertiary/aromatic N) is 2. The van der Waals surface area contributed by atoms with Gasteiger partial charge in [0.25, 0.3) is 5.91 Å². The number of carbonyl (C=O) groups is 1. The third-order valence-electron chi connectivity index (χ3n) is 3.87. The summed E-state index contributed by atoms with van der Waals surface area (Å²) in [7, 11) is 0. The SMILES string of the molecule is Br.C=CCn1c(-c2ccc(Cl)cc2)c(C)s/c1=N\NC(=O)c1ccc(Br)cc1. The van der Waals surface area contributed by atoms with Gasteiger partial charge < -0.3 is 4.57 Å². The molecule has 0 fully saturated rings. The van der Waals surface area contributed by atoms with Crippen LogP contribution < -0.4 is 10.2 Å². The Morgan fingerprint density at radius 3 is 2.50 bits per heavy atom. The van der Waals surface area contributed by atoms with Crippen LogP contribution in [0.5, 0.6) is 0 Å². The number of hydrogen-bond acceptors (Lipinski definition) is 3. The average Bonchev–Trinajstić information content (AvgIpc) is 2.97. The van der Waals surface area contributed by atoms with Crippen molar-refractivity contribution in [3.05, 3.63) is 85.9 Å². The molecule has 8 heteroatoms. The van der Waals surface area contributed by atoms with Crippen molar-refractivity contribution in [1.29, 1.82) is 0 Å². The number of amides is 1. The summed E-state index contributed by atoms with van der Waals surface area (Å²) in [6, 6.07) is 14.8. The van der Waals surface area contributed by atoms with Crippen LogP contribution in [0.2, 0.25) is 5.02 Å². The standard InChI is InChI=1S/C20H17BrClN3OS.BrH/c1-3-12-25-18(14-6-10-17(22)11-7-14)13(2)27-20(25)24-23-19(26)15-4-8-16(21)9-5-15;/h3-11H,1,12H2,2H3,(H,23,26);1H/b24-20-;. The quantitative estimate of drug-likeness (QED) is 0.314. The first kappa shape index (κ1) is 22.6. The molecule has 0 radical (unpaired) electrons. The van der Waals surface area contributed by atoms with Gasteiger partial charge in [0.1, 0.15) is 0 Å². The largest absolute Gasteiger partial charge is 0.311 e. The molecule has 0 atom stereocenters. The summed E-state index contributed by atoms with van der Waals surface area (Å²) in [5.74, 6) is -0.258. The van der Waals surface area contributed by atoms with Crippen LogP contribution in [0, 0.1) is 6.92 Å². The molecule has 0 aliphatic rings. The Bertz CT molecular complexity index is 1040. The highest BCUT2D eigenvalue weighted by molar-refractivity contribution is 9.10. The van der Waals surface area contributed by atoms with E-state index in [4.69, 9.17) is 11.6 Å². The van der Waals surface area contributed by atoms with E-state index in [-0.39, 0.29) is 22.9 Å². The molecule has 0 aliphatic carbocycles. The molecule has 0 bridgehead atoms. The number of aromatic nitrogens is 1. The first-order chi connectivity index (χ1) is 13.0. The van der Waals surface area contributed by atoms with Gasteiger partial charge in [-0.3, -0.25) is 4.79 Å². The average molecular weight is 544 g/mol. The van der Waals surface area contributed by atoms with Gasteiger partial charge in [-0.15, -0.1) is 28.7 Å². The molecule has 3 rings (SSSR count). The Labute approximate surface area is 191 Å². The molecule has 0 aliphatic heterocycles. The number of nitrogens with one attached hydrogen (secondary N) is 1. The number of hydrogen-bond donors (Lipinski definition) is 1. The number of rotatable bonds is 5. The summed E-state index contributed by atoms with van der Waals surface area (Å²) in [6.07, 6.45) is 1.81. The number of benzene rings is 2. The summed E-state index contributed by atoms with van der Waals surface area (Å²) in [5.41, 5.74) is 5.26. The van der Waals surface area contributed by atoms with E-state index in [1.54, 1.807) is 18.2 Å². The fourth-order valence-corrected chi connectivity index (χ4v) is 4.00. The smallest absolute Gasteiger partial charge is 0.271 e. The van der Waals surface area contributed by atoms with Crippen molar-refractivity contribution in [2.45, 2.75) is 13.5 Å². The van der Waals surface area contributed by atoms with Gasteiger partial charge in [-0.1, -0.05) is 57.1 Å². The van der Waals surface area contributed by atoms with E-state index in [2.05, 4.69) is 33.0 Å². The van der Waals surface area contributed by atoms with Crippen LogP contribution in [0.15, 0.2) is 70.8 Å². The van der Waals surface area contributed by atoms with E-state index >= 15 is 0 Å². The second-order valence-corrected chi connectivity index (χ2v) is 8.29. The van der Waals surface area contributed by atoms with Crippen LogP contribution in [0.25, 0.3) is 11.3 Å². The molecular weight excluding hydrogens is 526 g/mol. The van der Waals surface area contributed by atoms with Crippen molar-refractivity contribution >= 4 is 61.8 Å². The van der Waals surface area contributed by atoms with E-state index in [1.165, 1.54) is 11.3 Å². The fourth-order valence-electron chi connectivity index (χ4n) is 2.64. The first-order valence-corrected chi connectivity index (χ1v) is 10.1. The summed E-state index contributed by atoms with van der Waals surface area (Å²) in [6.45, 7) is 6.45. The van der Waals surface area contributed by atoms with Crippen LogP contribution in [0.1, 0.15) is 15.2 Å². The molecule has 4 nitrogen and oxygen atoms in total. The van der Waals surface area contributed by atoms with Crippen LogP contribution in [0.3, 0.4) is 0 Å². The molecule has 1 heterocycles. The second kappa shape index (κ2) is 10.2. The number of allylic oxidation sites excluding steroid dienone is 1. The van der Waals surface area contributed by atoms with Crippen molar-refractivity contribution in [3.63, 3.8) is 0 Å². The van der Waals surface area contributed by atoms with Crippen molar-refractivity contribution < 1.29 is 4.79 Å². The molecule has 0 saturated heterocycles. The molecule has 146 valence electrons. The Morgan fingerprint density at radius 2 is 1.89 bits per heavy atom. The van der Waals surface area contributed by atoms with E-state index < -0.39 is 0 Å². The highest BCUT2D eigenvalue weighted by Crippen LogP contribution is 2.26. The lowest BCUT2D eigenvalue weighted by molar-refractivity contribution is 0.0953. The van der Waals surface area contributed by atoms with Gasteiger partial charge in [-0.2, -0.15) is 0 Å². The van der Waals surface area contributed by atoms with Crippen molar-refractivity contribution in [3.8, 4) is 11.3 Å². The molecule has 1 aromatic heterocycles. The van der Waals surface area contributed by atoms with Crippen molar-refractivity contribution in [1.82, 2.24) is 9.99 Å². The molecule has 2 aromatic carbocycles. The number of carbonyl (C=O) groups excluding carboxylic acids is 1. The highest BCUT2D eigenvalue weighted by atomic mass is 79.9. The Balaban J connectivity index is 0.00000280. The zero-order valence-electron chi connectivity index (χ0n) is 15.0. The molecule has 1 amide bonds. The summed E-state index contributed by atoms with van der Waals surface area (Å²) >= 11 is 10.9. The van der Waals surface area contributed by atoms with Gasteiger partial charge in [0, 0.05) is 26.5 Å². The second-order valence-electron chi connectivity index (χ2n) is 5.76. The van der Waals surface area contributed by atoms with E-state index in [9.17, 15) is 4.79 Å². The molecule has 3 aromatic rings. The lowest BCUT2D eigenvalue weighted by atomic mass is 10.1. The van der Waals surface area contributed by atoms with E-state index in [0.29, 0.717) is 21.9 Å². The minimum atomic E-state index is -0.258. The van der Waals surface area contributed by atoms with Gasteiger partial charge in [-0.25, -0.2) is 5.43 Å². The molecule has 0 unspecified atom stereocenters. The van der Waals surface area contributed by atoms with Crippen LogP contribution >= 0.6 is 55.8 Å². The fraction of sp³-hybridized carbons (Fsp3) is 0.100. The van der Waals surface area contributed by atoms with Crippen LogP contribution in [0.4, 0.5) is 0 Å². The zero-order chi connectivity index (χ0) is 19.4. The van der Waals surface area contributed by atoms with Gasteiger partial charge in [-0.05, 0) is 48.9 Å². The third kappa shape index (κ3) is 5.23. The van der Waals surface area contributed by atoms with Crippen molar-refractivity contribution in [2.24, 2.45) is 5.10 Å². The predicted octanol–water partition coefficient (Wildman–Crippen LogP) is 5.95. The monoisotopic (exact) mass is 541 g/mol. The lowest BCUT2D eigenvalue weighted by Crippen LogP contribution is -2.24. The highest BCUT2D eigenvalue weighted by Gasteiger charge is 2.12. The molecule has 28 heavy (non-hydrogen) atoms. The summed E-state index contributed by atoms with van der Waals surface area (Å²) < 4.78 is 2.94. The minimum Gasteiger partial charge on any atom is -0.311 e. The van der Waals surface area contributed by atoms with Crippen molar-refractivity contribution in [2.75, 3.05) is 0 Å². The predicted molar refractivity (Wildman–Crippen MR) is 125 cm³/mol. The normalized spacial score (nSPS) is 11.0. The molecular formula is C20H18Br2ClN3OS. The summed E-state index contributed by atoms with van der Waals surface area (Å²) in [5, 5.41) is 5.03. The lowest BCUT2D eigenvalue weighted by Gasteiger charge is -2.08. The van der Waals surface area contributed by atoms with Gasteiger partial charge in [0.15, 0.2) is 0 Å². The number of aryl methyl sites for hydroxylation is 1. The number of halogens is 3. The molecule has 1 N–H and O–H groups in total. The first-order valence-electron chi connectivity index (χ1n) is 8.16. The van der Waals surface area contributed by atoms with E-state index in [1.807, 2.05) is 47.9 Å². The topological polar surface area (TPSA) is 46.4 Å². The minimum absolute atomic E-state index is 0. The molecule has 0 saturated carbocycles. The van der Waals surface area contributed by atoms with Gasteiger partial charge >= 0.3 is 0 Å². The third-order valence-corrected chi connectivity index (χ3v) is 5.64. The maximum Gasteiger partial charge on any atom is 0.271 e. The van der Waals surface area contributed by atoms with Gasteiger partial charge in [0.05, 0.1) is 5.69 Å². The Hall–Kier alpha value is -1.67. The van der Waals surface area contributed by atoms with Crippen LogP contribution in [-0.2, 0) is 6.54 Å². The van der Waals surface area contributed by atoms with Gasteiger partial charge in [0.2, 0.25) is 4.80 Å². The maximum absolute atomic E-state index is 12.3.